The third kappa shape index (κ3) is 2.51. The van der Waals surface area contributed by atoms with Gasteiger partial charge in [-0.2, -0.15) is 0 Å². The molecule has 0 bridgehead atoms. The second-order valence-electron chi connectivity index (χ2n) is 6.05. The number of hydrogen-bond donors (Lipinski definition) is 3. The monoisotopic (exact) mass is 276 g/mol. The van der Waals surface area contributed by atoms with Crippen LogP contribution in [-0.2, 0) is 11.2 Å². The molecule has 0 radical (unpaired) electrons. The van der Waals surface area contributed by atoms with Crippen molar-refractivity contribution < 1.29 is 15.0 Å². The molecule has 2 aliphatic rings. The average Bonchev–Trinajstić information content (AvgIpc) is 3.21. The van der Waals surface area contributed by atoms with Crippen molar-refractivity contribution in [3.05, 3.63) is 29.8 Å². The minimum absolute atomic E-state index is 0.108. The van der Waals surface area contributed by atoms with Crippen LogP contribution in [0, 0.1) is 5.92 Å². The summed E-state index contributed by atoms with van der Waals surface area (Å²) in [6.45, 7) is 0.833. The van der Waals surface area contributed by atoms with Crippen molar-refractivity contribution in [2.45, 2.75) is 30.9 Å². The highest BCUT2D eigenvalue weighted by atomic mass is 16.3. The lowest BCUT2D eigenvalue weighted by molar-refractivity contribution is -0.160. The lowest BCUT2D eigenvalue weighted by atomic mass is 9.88. The number of likely N-dealkylation sites (tertiary alicyclic amines) is 1. The molecule has 1 amide bonds. The summed E-state index contributed by atoms with van der Waals surface area (Å²) in [5.41, 5.74) is 6.20. The SMILES string of the molecule is NC(Cc1ccc(O)cc1)C(=O)N1CC(O)(C2CC2)C1. The van der Waals surface area contributed by atoms with Crippen molar-refractivity contribution in [2.24, 2.45) is 11.7 Å². The van der Waals surface area contributed by atoms with Gasteiger partial charge in [0.15, 0.2) is 0 Å². The zero-order valence-electron chi connectivity index (χ0n) is 11.3. The van der Waals surface area contributed by atoms with Crippen molar-refractivity contribution in [3.63, 3.8) is 0 Å². The Hall–Kier alpha value is -1.59. The molecule has 2 fully saturated rings. The molecule has 0 aromatic heterocycles. The van der Waals surface area contributed by atoms with Gasteiger partial charge in [-0.05, 0) is 42.9 Å². The van der Waals surface area contributed by atoms with E-state index in [0.717, 1.165) is 18.4 Å². The molecule has 1 atom stereocenters. The van der Waals surface area contributed by atoms with E-state index in [-0.39, 0.29) is 11.7 Å². The van der Waals surface area contributed by atoms with Crippen LogP contribution in [0.15, 0.2) is 24.3 Å². The molecule has 0 spiro atoms. The summed E-state index contributed by atoms with van der Waals surface area (Å²) in [4.78, 5) is 13.8. The predicted molar refractivity (Wildman–Crippen MR) is 74.0 cm³/mol. The highest BCUT2D eigenvalue weighted by molar-refractivity contribution is 5.83. The fourth-order valence-corrected chi connectivity index (χ4v) is 2.86. The van der Waals surface area contributed by atoms with Crippen molar-refractivity contribution in [1.82, 2.24) is 4.90 Å². The minimum Gasteiger partial charge on any atom is -0.508 e. The predicted octanol–water partition coefficient (Wildman–Crippen LogP) is 0.245. The Balaban J connectivity index is 1.54. The van der Waals surface area contributed by atoms with E-state index >= 15 is 0 Å². The van der Waals surface area contributed by atoms with Crippen LogP contribution in [0.1, 0.15) is 18.4 Å². The Bertz CT molecular complexity index is 504. The number of rotatable bonds is 4. The van der Waals surface area contributed by atoms with Crippen LogP contribution in [0.4, 0.5) is 0 Å². The van der Waals surface area contributed by atoms with Crippen LogP contribution in [0.25, 0.3) is 0 Å². The van der Waals surface area contributed by atoms with E-state index in [1.54, 1.807) is 29.2 Å². The molecular formula is C15H20N2O3. The maximum Gasteiger partial charge on any atom is 0.240 e. The van der Waals surface area contributed by atoms with Crippen molar-refractivity contribution >= 4 is 5.91 Å². The van der Waals surface area contributed by atoms with Crippen LogP contribution in [0.3, 0.4) is 0 Å². The van der Waals surface area contributed by atoms with Crippen LogP contribution in [0.5, 0.6) is 5.75 Å². The zero-order valence-corrected chi connectivity index (χ0v) is 11.3. The van der Waals surface area contributed by atoms with Gasteiger partial charge in [-0.1, -0.05) is 12.1 Å². The summed E-state index contributed by atoms with van der Waals surface area (Å²) >= 11 is 0. The van der Waals surface area contributed by atoms with E-state index in [2.05, 4.69) is 0 Å². The van der Waals surface area contributed by atoms with Crippen LogP contribution >= 0.6 is 0 Å². The number of carbonyl (C=O) groups excluding carboxylic acids is 1. The van der Waals surface area contributed by atoms with Crippen molar-refractivity contribution in [3.8, 4) is 5.75 Å². The van der Waals surface area contributed by atoms with Crippen molar-refractivity contribution in [2.75, 3.05) is 13.1 Å². The number of nitrogens with two attached hydrogens (primary N) is 1. The molecule has 5 nitrogen and oxygen atoms in total. The number of β-amino-alcohol motifs (C(OH)–C–C–N with tert-alkyl or cyclic N) is 1. The van der Waals surface area contributed by atoms with Crippen LogP contribution in [0.2, 0.25) is 0 Å². The Morgan fingerprint density at radius 2 is 1.95 bits per heavy atom. The summed E-state index contributed by atoms with van der Waals surface area (Å²) in [6.07, 6.45) is 2.58. The lowest BCUT2D eigenvalue weighted by Gasteiger charge is -2.47. The summed E-state index contributed by atoms with van der Waals surface area (Å²) in [5.74, 6) is 0.467. The van der Waals surface area contributed by atoms with E-state index in [1.165, 1.54) is 0 Å². The molecule has 1 saturated heterocycles. The molecule has 108 valence electrons. The first-order chi connectivity index (χ1) is 9.48. The Morgan fingerprint density at radius 1 is 1.35 bits per heavy atom. The number of aliphatic hydroxyl groups is 1. The minimum atomic E-state index is -0.659. The molecule has 1 aliphatic carbocycles. The maximum absolute atomic E-state index is 12.2. The highest BCUT2D eigenvalue weighted by Crippen LogP contribution is 2.44. The topological polar surface area (TPSA) is 86.8 Å². The molecule has 1 saturated carbocycles. The number of phenols is 1. The molecule has 1 heterocycles. The van der Waals surface area contributed by atoms with Gasteiger partial charge >= 0.3 is 0 Å². The molecular weight excluding hydrogens is 256 g/mol. The normalized spacial score (nSPS) is 22.2. The zero-order chi connectivity index (χ0) is 14.3. The van der Waals surface area contributed by atoms with E-state index in [0.29, 0.717) is 25.4 Å². The van der Waals surface area contributed by atoms with Gasteiger partial charge < -0.3 is 20.8 Å². The highest BCUT2D eigenvalue weighted by Gasteiger charge is 2.53. The summed E-state index contributed by atoms with van der Waals surface area (Å²) in [5, 5.41) is 19.4. The van der Waals surface area contributed by atoms with Crippen molar-refractivity contribution in [1.29, 1.82) is 0 Å². The molecule has 4 N–H and O–H groups in total. The van der Waals surface area contributed by atoms with Gasteiger partial charge in [0.1, 0.15) is 11.4 Å². The van der Waals surface area contributed by atoms with E-state index in [9.17, 15) is 15.0 Å². The number of hydrogen-bond acceptors (Lipinski definition) is 4. The summed E-state index contributed by atoms with van der Waals surface area (Å²) in [6, 6.07) is 6.10. The fourth-order valence-electron chi connectivity index (χ4n) is 2.86. The van der Waals surface area contributed by atoms with E-state index in [1.807, 2.05) is 0 Å². The third-order valence-electron chi connectivity index (χ3n) is 4.29. The number of carbonyl (C=O) groups is 1. The van der Waals surface area contributed by atoms with Gasteiger partial charge in [0.05, 0.1) is 19.1 Å². The number of phenolic OH excluding ortho intramolecular Hbond substituents is 1. The summed E-state index contributed by atoms with van der Waals surface area (Å²) < 4.78 is 0. The van der Waals surface area contributed by atoms with E-state index in [4.69, 9.17) is 5.73 Å². The van der Waals surface area contributed by atoms with Gasteiger partial charge in [-0.3, -0.25) is 4.79 Å². The van der Waals surface area contributed by atoms with Gasteiger partial charge in [-0.25, -0.2) is 0 Å². The first-order valence-electron chi connectivity index (χ1n) is 7.02. The number of nitrogens with zero attached hydrogens (tertiary/aromatic N) is 1. The fraction of sp³-hybridized carbons (Fsp3) is 0.533. The van der Waals surface area contributed by atoms with Gasteiger partial charge in [-0.15, -0.1) is 0 Å². The second kappa shape index (κ2) is 4.75. The Morgan fingerprint density at radius 3 is 2.50 bits per heavy atom. The Kier molecular flexibility index (Phi) is 3.18. The number of benzene rings is 1. The molecule has 5 heteroatoms. The standard InChI is InChI=1S/C15H20N2O3/c16-13(7-10-1-5-12(18)6-2-10)14(19)17-8-15(20,9-17)11-3-4-11/h1-2,5-6,11,13,18,20H,3-4,7-9,16H2. The number of amides is 1. The molecule has 20 heavy (non-hydrogen) atoms. The first kappa shape index (κ1) is 13.4. The molecule has 1 aliphatic heterocycles. The van der Waals surface area contributed by atoms with Crippen LogP contribution in [-0.4, -0.2) is 45.8 Å². The molecule has 3 rings (SSSR count). The lowest BCUT2D eigenvalue weighted by Crippen LogP contribution is -2.67. The molecule has 1 unspecified atom stereocenters. The van der Waals surface area contributed by atoms with E-state index < -0.39 is 11.6 Å². The first-order valence-corrected chi connectivity index (χ1v) is 7.02. The Labute approximate surface area is 118 Å². The van der Waals surface area contributed by atoms with Crippen LogP contribution < -0.4 is 5.73 Å². The maximum atomic E-state index is 12.2. The van der Waals surface area contributed by atoms with Gasteiger partial charge in [0.2, 0.25) is 5.91 Å². The summed E-state index contributed by atoms with van der Waals surface area (Å²) in [7, 11) is 0. The molecule has 1 aromatic rings. The molecule has 1 aromatic carbocycles. The largest absolute Gasteiger partial charge is 0.508 e. The second-order valence-corrected chi connectivity index (χ2v) is 6.05. The quantitative estimate of drug-likeness (QED) is 0.735. The average molecular weight is 276 g/mol. The smallest absolute Gasteiger partial charge is 0.240 e. The van der Waals surface area contributed by atoms with Gasteiger partial charge in [0, 0.05) is 0 Å². The third-order valence-corrected chi connectivity index (χ3v) is 4.29. The number of aromatic hydroxyl groups is 1. The van der Waals surface area contributed by atoms with Gasteiger partial charge in [0.25, 0.3) is 0 Å².